The highest BCUT2D eigenvalue weighted by atomic mass is 32.2. The Balaban J connectivity index is 2.04. The van der Waals surface area contributed by atoms with E-state index in [2.05, 4.69) is 21.3 Å². The summed E-state index contributed by atoms with van der Waals surface area (Å²) in [6.45, 7) is 12.7. The van der Waals surface area contributed by atoms with Crippen molar-refractivity contribution in [1.29, 1.82) is 0 Å². The number of amides is 1. The Morgan fingerprint density at radius 2 is 2.00 bits per heavy atom. The molecule has 0 saturated heterocycles. The van der Waals surface area contributed by atoms with Crippen LogP contribution in [0.25, 0.3) is 0 Å². The van der Waals surface area contributed by atoms with Crippen LogP contribution in [-0.2, 0) is 11.3 Å². The highest BCUT2D eigenvalue weighted by molar-refractivity contribution is 7.99. The van der Waals surface area contributed by atoms with E-state index in [1.807, 2.05) is 38.7 Å². The van der Waals surface area contributed by atoms with Gasteiger partial charge in [0.1, 0.15) is 5.82 Å². The van der Waals surface area contributed by atoms with Crippen molar-refractivity contribution < 1.29 is 4.79 Å². The van der Waals surface area contributed by atoms with Crippen LogP contribution in [-0.4, -0.2) is 43.4 Å². The zero-order valence-corrected chi connectivity index (χ0v) is 14.8. The van der Waals surface area contributed by atoms with E-state index in [0.717, 1.165) is 11.0 Å². The van der Waals surface area contributed by atoms with Gasteiger partial charge < -0.3 is 9.47 Å². The molecule has 6 heteroatoms. The second kappa shape index (κ2) is 7.31. The van der Waals surface area contributed by atoms with Gasteiger partial charge >= 0.3 is 0 Å². The molecule has 0 radical (unpaired) electrons. The minimum Gasteiger partial charge on any atom is -0.337 e. The molecule has 0 atom stereocenters. The van der Waals surface area contributed by atoms with Gasteiger partial charge in [0.2, 0.25) is 5.91 Å². The lowest BCUT2D eigenvalue weighted by molar-refractivity contribution is -0.131. The van der Waals surface area contributed by atoms with E-state index in [-0.39, 0.29) is 18.0 Å². The maximum atomic E-state index is 12.4. The summed E-state index contributed by atoms with van der Waals surface area (Å²) in [5.74, 6) is 2.13. The first-order valence-corrected chi connectivity index (χ1v) is 8.92. The molecule has 2 rings (SSSR count). The smallest absolute Gasteiger partial charge is 0.233 e. The van der Waals surface area contributed by atoms with E-state index < -0.39 is 0 Å². The molecule has 1 aromatic heterocycles. The van der Waals surface area contributed by atoms with Crippen LogP contribution in [0.3, 0.4) is 0 Å². The molecule has 122 valence electrons. The third-order valence-electron chi connectivity index (χ3n) is 3.73. The molecule has 0 N–H and O–H groups in total. The first-order valence-electron chi connectivity index (χ1n) is 7.93. The van der Waals surface area contributed by atoms with Crippen LogP contribution in [0.2, 0.25) is 0 Å². The fraction of sp³-hybridized carbons (Fsp3) is 0.688. The normalized spacial score (nSPS) is 14.6. The van der Waals surface area contributed by atoms with Crippen LogP contribution >= 0.6 is 11.8 Å². The maximum Gasteiger partial charge on any atom is 0.233 e. The van der Waals surface area contributed by atoms with E-state index in [4.69, 9.17) is 0 Å². The van der Waals surface area contributed by atoms with Crippen molar-refractivity contribution in [3.63, 3.8) is 0 Å². The van der Waals surface area contributed by atoms with Gasteiger partial charge in [-0.05, 0) is 40.5 Å². The Labute approximate surface area is 137 Å². The third kappa shape index (κ3) is 3.91. The van der Waals surface area contributed by atoms with E-state index in [0.29, 0.717) is 18.2 Å². The Hall–Kier alpha value is -1.30. The van der Waals surface area contributed by atoms with Gasteiger partial charge in [0.15, 0.2) is 5.16 Å². The van der Waals surface area contributed by atoms with Crippen LogP contribution in [0.15, 0.2) is 17.8 Å². The van der Waals surface area contributed by atoms with Gasteiger partial charge in [0.05, 0.1) is 5.75 Å². The number of allylic oxidation sites excluding steroid dienone is 1. The monoisotopic (exact) mass is 322 g/mol. The summed E-state index contributed by atoms with van der Waals surface area (Å²) in [6.07, 6.45) is 4.23. The van der Waals surface area contributed by atoms with Crippen molar-refractivity contribution in [2.45, 2.75) is 70.2 Å². The predicted octanol–water partition coefficient (Wildman–Crippen LogP) is 3.08. The molecule has 5 nitrogen and oxygen atoms in total. The number of hydrogen-bond donors (Lipinski definition) is 0. The van der Waals surface area contributed by atoms with Gasteiger partial charge in [0, 0.05) is 24.5 Å². The van der Waals surface area contributed by atoms with Gasteiger partial charge in [-0.15, -0.1) is 16.8 Å². The van der Waals surface area contributed by atoms with Crippen LogP contribution < -0.4 is 0 Å². The zero-order valence-electron chi connectivity index (χ0n) is 14.0. The van der Waals surface area contributed by atoms with Crippen LogP contribution in [0.1, 0.15) is 52.3 Å². The maximum absolute atomic E-state index is 12.4. The van der Waals surface area contributed by atoms with Gasteiger partial charge in [0.25, 0.3) is 0 Å². The molecular weight excluding hydrogens is 296 g/mol. The molecule has 22 heavy (non-hydrogen) atoms. The second-order valence-corrected chi connectivity index (χ2v) is 7.23. The van der Waals surface area contributed by atoms with Crippen LogP contribution in [0.4, 0.5) is 0 Å². The Bertz CT molecular complexity index is 526. The van der Waals surface area contributed by atoms with E-state index >= 15 is 0 Å². The van der Waals surface area contributed by atoms with Gasteiger partial charge in [-0.25, -0.2) is 0 Å². The van der Waals surface area contributed by atoms with Crippen molar-refractivity contribution in [3.05, 3.63) is 18.5 Å². The standard InChI is InChI=1S/C16H26N4OS/c1-6-9-19-15(13-7-8-13)17-18-16(19)22-10-14(21)20(11(2)3)12(4)5/h6,11-13H,1,7-10H2,2-5H3. The number of aromatic nitrogens is 3. The SMILES string of the molecule is C=CCn1c(SCC(=O)N(C(C)C)C(C)C)nnc1C1CC1. The highest BCUT2D eigenvalue weighted by Crippen LogP contribution is 2.40. The third-order valence-corrected chi connectivity index (χ3v) is 4.68. The number of nitrogens with zero attached hydrogens (tertiary/aromatic N) is 4. The van der Waals surface area contributed by atoms with E-state index in [9.17, 15) is 4.79 Å². The van der Waals surface area contributed by atoms with Crippen LogP contribution in [0.5, 0.6) is 0 Å². The molecule has 1 aliphatic carbocycles. The molecule has 1 heterocycles. The molecule has 1 aliphatic rings. The van der Waals surface area contributed by atoms with Gasteiger partial charge in [-0.3, -0.25) is 4.79 Å². The summed E-state index contributed by atoms with van der Waals surface area (Å²) in [7, 11) is 0. The van der Waals surface area contributed by atoms with Crippen molar-refractivity contribution >= 4 is 17.7 Å². The quantitative estimate of drug-likeness (QED) is 0.545. The van der Waals surface area contributed by atoms with Crippen molar-refractivity contribution in [1.82, 2.24) is 19.7 Å². The van der Waals surface area contributed by atoms with E-state index in [1.54, 1.807) is 0 Å². The summed E-state index contributed by atoms with van der Waals surface area (Å²) in [5, 5.41) is 9.41. The van der Waals surface area contributed by atoms with Crippen molar-refractivity contribution in [2.24, 2.45) is 0 Å². The number of thioether (sulfide) groups is 1. The minimum absolute atomic E-state index is 0.149. The molecule has 0 spiro atoms. The molecule has 1 amide bonds. The second-order valence-electron chi connectivity index (χ2n) is 6.29. The lowest BCUT2D eigenvalue weighted by atomic mass is 10.2. The largest absolute Gasteiger partial charge is 0.337 e. The lowest BCUT2D eigenvalue weighted by Gasteiger charge is -2.30. The van der Waals surface area contributed by atoms with Gasteiger partial charge in [-0.2, -0.15) is 0 Å². The summed E-state index contributed by atoms with van der Waals surface area (Å²) < 4.78 is 2.09. The fourth-order valence-electron chi connectivity index (χ4n) is 2.72. The Morgan fingerprint density at radius 3 is 2.50 bits per heavy atom. The molecule has 0 aliphatic heterocycles. The minimum atomic E-state index is 0.149. The number of hydrogen-bond acceptors (Lipinski definition) is 4. The molecule has 0 bridgehead atoms. The zero-order chi connectivity index (χ0) is 16.3. The highest BCUT2D eigenvalue weighted by Gasteiger charge is 2.30. The number of rotatable bonds is 8. The summed E-state index contributed by atoms with van der Waals surface area (Å²) >= 11 is 1.47. The first kappa shape index (κ1) is 17.1. The molecule has 1 fully saturated rings. The predicted molar refractivity (Wildman–Crippen MR) is 90.0 cm³/mol. The number of carbonyl (C=O) groups excluding carboxylic acids is 1. The van der Waals surface area contributed by atoms with Crippen molar-refractivity contribution in [2.75, 3.05) is 5.75 Å². The van der Waals surface area contributed by atoms with Crippen LogP contribution in [0, 0.1) is 0 Å². The topological polar surface area (TPSA) is 51.0 Å². The lowest BCUT2D eigenvalue weighted by Crippen LogP contribution is -2.43. The molecule has 1 saturated carbocycles. The summed E-state index contributed by atoms with van der Waals surface area (Å²) in [6, 6.07) is 0.419. The Morgan fingerprint density at radius 1 is 1.36 bits per heavy atom. The van der Waals surface area contributed by atoms with Gasteiger partial charge in [-0.1, -0.05) is 17.8 Å². The summed E-state index contributed by atoms with van der Waals surface area (Å²) in [5.41, 5.74) is 0. The van der Waals surface area contributed by atoms with E-state index in [1.165, 1.54) is 24.6 Å². The summed E-state index contributed by atoms with van der Waals surface area (Å²) in [4.78, 5) is 14.4. The molecule has 0 unspecified atom stereocenters. The average Bonchev–Trinajstić information content (AvgIpc) is 3.19. The van der Waals surface area contributed by atoms with Crippen molar-refractivity contribution in [3.8, 4) is 0 Å². The molecule has 0 aromatic carbocycles. The fourth-order valence-corrected chi connectivity index (χ4v) is 3.55. The molecule has 1 aromatic rings. The first-order chi connectivity index (χ1) is 10.5. The number of carbonyl (C=O) groups is 1. The molecular formula is C16H26N4OS. The average molecular weight is 322 g/mol. The Kier molecular flexibility index (Phi) is 5.67.